The van der Waals surface area contributed by atoms with Crippen molar-refractivity contribution in [3.8, 4) is 0 Å². The second-order valence-electron chi connectivity index (χ2n) is 4.72. The van der Waals surface area contributed by atoms with Crippen LogP contribution in [-0.2, 0) is 10.5 Å². The fourth-order valence-corrected chi connectivity index (χ4v) is 2.94. The second kappa shape index (κ2) is 12.1. The predicted molar refractivity (Wildman–Crippen MR) is 93.5 cm³/mol. The van der Waals surface area contributed by atoms with E-state index in [1.807, 2.05) is 18.2 Å². The average Bonchev–Trinajstić information content (AvgIpc) is 2.96. The molecule has 1 aliphatic heterocycles. The molecule has 0 aromatic carbocycles. The van der Waals surface area contributed by atoms with Crippen LogP contribution < -0.4 is 10.6 Å². The van der Waals surface area contributed by atoms with Crippen molar-refractivity contribution in [2.75, 3.05) is 18.8 Å². The van der Waals surface area contributed by atoms with Crippen molar-refractivity contribution in [3.05, 3.63) is 30.1 Å². The van der Waals surface area contributed by atoms with Crippen molar-refractivity contribution >= 4 is 42.5 Å². The van der Waals surface area contributed by atoms with Gasteiger partial charge in [-0.15, -0.1) is 24.8 Å². The van der Waals surface area contributed by atoms with Crippen LogP contribution in [-0.4, -0.2) is 35.8 Å². The van der Waals surface area contributed by atoms with E-state index in [4.69, 9.17) is 0 Å². The number of thioether (sulfide) groups is 1. The third-order valence-corrected chi connectivity index (χ3v) is 4.15. The molecule has 2 heterocycles. The maximum Gasteiger partial charge on any atom is 0.220 e. The highest BCUT2D eigenvalue weighted by atomic mass is 35.5. The van der Waals surface area contributed by atoms with Crippen LogP contribution in [0, 0.1) is 0 Å². The number of carbonyl (C=O) groups excluding carboxylic acids is 1. The normalized spacial score (nSPS) is 16.7. The van der Waals surface area contributed by atoms with Crippen LogP contribution in [0.15, 0.2) is 24.4 Å². The zero-order valence-electron chi connectivity index (χ0n) is 11.9. The zero-order chi connectivity index (χ0) is 13.3. The van der Waals surface area contributed by atoms with Crippen molar-refractivity contribution < 1.29 is 4.79 Å². The van der Waals surface area contributed by atoms with Gasteiger partial charge in [0.15, 0.2) is 0 Å². The minimum Gasteiger partial charge on any atom is -0.355 e. The van der Waals surface area contributed by atoms with Crippen LogP contribution in [0.5, 0.6) is 0 Å². The molecular weight excluding hydrogens is 329 g/mol. The van der Waals surface area contributed by atoms with E-state index in [1.54, 1.807) is 18.0 Å². The predicted octanol–water partition coefficient (Wildman–Crippen LogP) is 2.42. The Labute approximate surface area is 143 Å². The number of hydrogen-bond donors (Lipinski definition) is 2. The highest BCUT2D eigenvalue weighted by Gasteiger charge is 2.14. The van der Waals surface area contributed by atoms with Crippen molar-refractivity contribution in [1.29, 1.82) is 0 Å². The monoisotopic (exact) mass is 351 g/mol. The van der Waals surface area contributed by atoms with Crippen LogP contribution in [0.1, 0.15) is 25.0 Å². The second-order valence-corrected chi connectivity index (χ2v) is 5.83. The standard InChI is InChI=1S/C14H21N3OS.2ClH/c18-14(17-10-12-5-3-8-15-12)6-9-19-11-13-4-1-2-7-16-13;;/h1-2,4,7,12,15H,3,5-6,8-11H2,(H,17,18);2*1H. The first-order valence-corrected chi connectivity index (χ1v) is 7.98. The van der Waals surface area contributed by atoms with E-state index in [0.29, 0.717) is 12.5 Å². The van der Waals surface area contributed by atoms with Gasteiger partial charge < -0.3 is 10.6 Å². The Kier molecular flexibility index (Phi) is 11.8. The molecule has 1 unspecified atom stereocenters. The lowest BCUT2D eigenvalue weighted by atomic mass is 10.2. The summed E-state index contributed by atoms with van der Waals surface area (Å²) in [6.45, 7) is 1.85. The van der Waals surface area contributed by atoms with E-state index < -0.39 is 0 Å². The Morgan fingerprint density at radius 1 is 1.43 bits per heavy atom. The fourth-order valence-electron chi connectivity index (χ4n) is 2.08. The summed E-state index contributed by atoms with van der Waals surface area (Å²) in [7, 11) is 0. The molecule has 2 rings (SSSR count). The SMILES string of the molecule is Cl.Cl.O=C(CCSCc1ccccn1)NCC1CCCN1. The topological polar surface area (TPSA) is 54.0 Å². The summed E-state index contributed by atoms with van der Waals surface area (Å²) < 4.78 is 0. The van der Waals surface area contributed by atoms with Crippen LogP contribution >= 0.6 is 36.6 Å². The van der Waals surface area contributed by atoms with Crippen molar-refractivity contribution in [2.45, 2.75) is 31.1 Å². The highest BCUT2D eigenvalue weighted by molar-refractivity contribution is 7.98. The van der Waals surface area contributed by atoms with E-state index >= 15 is 0 Å². The summed E-state index contributed by atoms with van der Waals surface area (Å²) in [5.41, 5.74) is 1.07. The molecule has 4 nitrogen and oxygen atoms in total. The molecule has 0 bridgehead atoms. The third kappa shape index (κ3) is 8.51. The summed E-state index contributed by atoms with van der Waals surface area (Å²) in [5.74, 6) is 1.88. The number of aromatic nitrogens is 1. The lowest BCUT2D eigenvalue weighted by Gasteiger charge is -2.11. The van der Waals surface area contributed by atoms with E-state index in [2.05, 4.69) is 15.6 Å². The molecule has 1 amide bonds. The van der Waals surface area contributed by atoms with Crippen molar-refractivity contribution in [2.24, 2.45) is 0 Å². The summed E-state index contributed by atoms with van der Waals surface area (Å²) in [6, 6.07) is 6.40. The first-order valence-electron chi connectivity index (χ1n) is 6.82. The molecule has 1 aromatic rings. The van der Waals surface area contributed by atoms with Gasteiger partial charge in [0.25, 0.3) is 0 Å². The van der Waals surface area contributed by atoms with Gasteiger partial charge in [0.2, 0.25) is 5.91 Å². The maximum absolute atomic E-state index is 11.6. The van der Waals surface area contributed by atoms with Crippen LogP contribution in [0.2, 0.25) is 0 Å². The highest BCUT2D eigenvalue weighted by Crippen LogP contribution is 2.10. The van der Waals surface area contributed by atoms with Gasteiger partial charge in [-0.25, -0.2) is 0 Å². The van der Waals surface area contributed by atoms with Crippen LogP contribution in [0.4, 0.5) is 0 Å². The number of hydrogen-bond acceptors (Lipinski definition) is 4. The molecule has 21 heavy (non-hydrogen) atoms. The number of amides is 1. The molecule has 120 valence electrons. The van der Waals surface area contributed by atoms with E-state index in [1.165, 1.54) is 12.8 Å². The Hall–Kier alpha value is -0.490. The van der Waals surface area contributed by atoms with Gasteiger partial charge in [-0.1, -0.05) is 6.07 Å². The molecule has 1 fully saturated rings. The molecule has 1 aliphatic rings. The quantitative estimate of drug-likeness (QED) is 0.740. The van der Waals surface area contributed by atoms with E-state index in [0.717, 1.165) is 30.3 Å². The molecule has 1 saturated heterocycles. The number of halogens is 2. The summed E-state index contributed by atoms with van der Waals surface area (Å²) in [4.78, 5) is 15.9. The van der Waals surface area contributed by atoms with Gasteiger partial charge in [-0.3, -0.25) is 9.78 Å². The zero-order valence-corrected chi connectivity index (χ0v) is 14.4. The van der Waals surface area contributed by atoms with Gasteiger partial charge in [0.1, 0.15) is 0 Å². The molecule has 0 saturated carbocycles. The smallest absolute Gasteiger partial charge is 0.220 e. The van der Waals surface area contributed by atoms with E-state index in [9.17, 15) is 4.79 Å². The molecule has 7 heteroatoms. The maximum atomic E-state index is 11.6. The van der Waals surface area contributed by atoms with Gasteiger partial charge in [0.05, 0.1) is 5.69 Å². The first-order chi connectivity index (χ1) is 9.34. The molecular formula is C14H23Cl2N3OS. The van der Waals surface area contributed by atoms with Crippen molar-refractivity contribution in [1.82, 2.24) is 15.6 Å². The third-order valence-electron chi connectivity index (χ3n) is 3.16. The molecule has 0 radical (unpaired) electrons. The largest absolute Gasteiger partial charge is 0.355 e. The van der Waals surface area contributed by atoms with Gasteiger partial charge in [-0.2, -0.15) is 11.8 Å². The number of rotatable bonds is 7. The lowest BCUT2D eigenvalue weighted by molar-refractivity contribution is -0.120. The first kappa shape index (κ1) is 20.5. The van der Waals surface area contributed by atoms with Crippen molar-refractivity contribution in [3.63, 3.8) is 0 Å². The Morgan fingerprint density at radius 3 is 2.95 bits per heavy atom. The summed E-state index contributed by atoms with van der Waals surface area (Å²) >= 11 is 1.75. The summed E-state index contributed by atoms with van der Waals surface area (Å²) in [6.07, 6.45) is 4.79. The Bertz CT molecular complexity index is 389. The van der Waals surface area contributed by atoms with Gasteiger partial charge in [-0.05, 0) is 31.5 Å². The van der Waals surface area contributed by atoms with Crippen LogP contribution in [0.3, 0.4) is 0 Å². The number of carbonyl (C=O) groups is 1. The average molecular weight is 352 g/mol. The van der Waals surface area contributed by atoms with Crippen LogP contribution in [0.25, 0.3) is 0 Å². The molecule has 0 aliphatic carbocycles. The molecule has 2 N–H and O–H groups in total. The molecule has 1 aromatic heterocycles. The Balaban J connectivity index is 0.00000200. The minimum atomic E-state index is 0. The van der Waals surface area contributed by atoms with Gasteiger partial charge >= 0.3 is 0 Å². The number of nitrogens with one attached hydrogen (secondary N) is 2. The van der Waals surface area contributed by atoms with Gasteiger partial charge in [0, 0.05) is 36.7 Å². The fraction of sp³-hybridized carbons (Fsp3) is 0.571. The minimum absolute atomic E-state index is 0. The number of nitrogens with zero attached hydrogens (tertiary/aromatic N) is 1. The number of pyridine rings is 1. The summed E-state index contributed by atoms with van der Waals surface area (Å²) in [5, 5.41) is 6.37. The van der Waals surface area contributed by atoms with E-state index in [-0.39, 0.29) is 30.7 Å². The Morgan fingerprint density at radius 2 is 2.29 bits per heavy atom. The molecule has 0 spiro atoms. The molecule has 1 atom stereocenters. The lowest BCUT2D eigenvalue weighted by Crippen LogP contribution is -2.37.